The molecule has 0 aromatic heterocycles. The van der Waals surface area contributed by atoms with Crippen LogP contribution in [0, 0.1) is 0 Å². The van der Waals surface area contributed by atoms with Gasteiger partial charge in [0.2, 0.25) is 5.90 Å². The average Bonchev–Trinajstić information content (AvgIpc) is 3.40. The van der Waals surface area contributed by atoms with E-state index >= 15 is 0 Å². The molecule has 206 valence electrons. The fraction of sp³-hybridized carbons (Fsp3) is 0.310. The van der Waals surface area contributed by atoms with E-state index in [1.807, 2.05) is 66.7 Å². The predicted molar refractivity (Wildman–Crippen MR) is 151 cm³/mol. The third kappa shape index (κ3) is 6.89. The van der Waals surface area contributed by atoms with Gasteiger partial charge >= 0.3 is 0 Å². The fourth-order valence-corrected chi connectivity index (χ4v) is 4.64. The number of aliphatic hydroxyl groups excluding tert-OH is 1. The predicted octanol–water partition coefficient (Wildman–Crippen LogP) is 3.81. The number of nitrogens with one attached hydrogen (secondary N) is 2. The number of halogens is 1. The van der Waals surface area contributed by atoms with Crippen molar-refractivity contribution in [2.45, 2.75) is 24.9 Å². The van der Waals surface area contributed by atoms with Crippen LogP contribution in [0.3, 0.4) is 0 Å². The lowest BCUT2D eigenvalue weighted by molar-refractivity contribution is -0.127. The number of hydrazine groups is 1. The van der Waals surface area contributed by atoms with Crippen molar-refractivity contribution >= 4 is 27.7 Å². The molecule has 1 aliphatic heterocycles. The van der Waals surface area contributed by atoms with Crippen LogP contribution in [0.1, 0.15) is 23.1 Å². The monoisotopic (exact) mass is 597 g/mol. The molecular weight excluding hydrogens is 566 g/mol. The molecular formula is C29H32BrN3O6. The fourth-order valence-electron chi connectivity index (χ4n) is 4.22. The highest BCUT2D eigenvalue weighted by atomic mass is 79.9. The molecule has 39 heavy (non-hydrogen) atoms. The number of rotatable bonds is 13. The Morgan fingerprint density at radius 1 is 1.05 bits per heavy atom. The highest BCUT2D eigenvalue weighted by Gasteiger charge is 2.45. The van der Waals surface area contributed by atoms with Crippen LogP contribution < -0.4 is 25.1 Å². The number of amides is 1. The summed E-state index contributed by atoms with van der Waals surface area (Å²) >= 11 is 3.59. The van der Waals surface area contributed by atoms with E-state index in [0.29, 0.717) is 49.1 Å². The standard InChI is InChI=1S/C29H32BrN3O6/c1-36-25-10-5-8-22(26(25)37-2)18-31-33-28(35)29(17-21-7-3-4-9-24(21)30)19-39-27(32-29)20-11-13-23(14-12-20)38-16-6-15-34/h3-5,7-14,31,34H,6,15-19H2,1-2H3,(H,33,35)/t29-/m0/s1. The van der Waals surface area contributed by atoms with Gasteiger partial charge in [-0.05, 0) is 42.0 Å². The minimum Gasteiger partial charge on any atom is -0.494 e. The maximum Gasteiger partial charge on any atom is 0.266 e. The molecule has 0 saturated carbocycles. The lowest BCUT2D eigenvalue weighted by Gasteiger charge is -2.24. The van der Waals surface area contributed by atoms with Gasteiger partial charge in [0, 0.05) is 41.6 Å². The van der Waals surface area contributed by atoms with Crippen molar-refractivity contribution in [1.82, 2.24) is 10.9 Å². The summed E-state index contributed by atoms with van der Waals surface area (Å²) in [6, 6.07) is 20.6. The molecule has 9 nitrogen and oxygen atoms in total. The van der Waals surface area contributed by atoms with E-state index in [1.54, 1.807) is 14.2 Å². The van der Waals surface area contributed by atoms with E-state index in [0.717, 1.165) is 21.2 Å². The van der Waals surface area contributed by atoms with Crippen molar-refractivity contribution in [2.24, 2.45) is 4.99 Å². The largest absolute Gasteiger partial charge is 0.494 e. The van der Waals surface area contributed by atoms with Gasteiger partial charge in [-0.15, -0.1) is 0 Å². The lowest BCUT2D eigenvalue weighted by atomic mass is 9.91. The number of hydrogen-bond donors (Lipinski definition) is 3. The van der Waals surface area contributed by atoms with Gasteiger partial charge in [-0.3, -0.25) is 10.2 Å². The number of ether oxygens (including phenoxy) is 4. The summed E-state index contributed by atoms with van der Waals surface area (Å²) in [5.41, 5.74) is 7.14. The minimum atomic E-state index is -1.19. The summed E-state index contributed by atoms with van der Waals surface area (Å²) in [5.74, 6) is 1.95. The number of para-hydroxylation sites is 1. The maximum atomic E-state index is 13.7. The molecule has 3 aromatic rings. The molecule has 10 heteroatoms. The topological polar surface area (TPSA) is 111 Å². The van der Waals surface area contributed by atoms with Crippen LogP contribution in [0.4, 0.5) is 0 Å². The van der Waals surface area contributed by atoms with Crippen LogP contribution in [-0.2, 0) is 22.5 Å². The number of carbonyl (C=O) groups is 1. The van der Waals surface area contributed by atoms with Crippen molar-refractivity contribution in [3.05, 3.63) is 87.9 Å². The molecule has 3 aromatic carbocycles. The van der Waals surface area contributed by atoms with E-state index in [2.05, 4.69) is 26.8 Å². The van der Waals surface area contributed by atoms with E-state index in [1.165, 1.54) is 0 Å². The number of hydrogen-bond acceptors (Lipinski definition) is 8. The first-order valence-corrected chi connectivity index (χ1v) is 13.3. The smallest absolute Gasteiger partial charge is 0.266 e. The molecule has 1 heterocycles. The van der Waals surface area contributed by atoms with E-state index in [-0.39, 0.29) is 19.1 Å². The SMILES string of the molecule is COc1cccc(CNNC(=O)[C@]2(Cc3ccccc3Br)COC(c3ccc(OCCCO)cc3)=N2)c1OC. The van der Waals surface area contributed by atoms with E-state index in [4.69, 9.17) is 29.0 Å². The highest BCUT2D eigenvalue weighted by molar-refractivity contribution is 9.10. The van der Waals surface area contributed by atoms with Crippen LogP contribution in [-0.4, -0.2) is 56.5 Å². The third-order valence-corrected chi connectivity index (χ3v) is 7.04. The number of nitrogens with zero attached hydrogens (tertiary/aromatic N) is 1. The molecule has 3 N–H and O–H groups in total. The number of aliphatic imine (C=N–C) groups is 1. The summed E-state index contributed by atoms with van der Waals surface area (Å²) in [5, 5.41) is 8.94. The van der Waals surface area contributed by atoms with Gasteiger partial charge in [-0.2, -0.15) is 0 Å². The number of carbonyl (C=O) groups excluding carboxylic acids is 1. The van der Waals surface area contributed by atoms with Crippen molar-refractivity contribution in [3.63, 3.8) is 0 Å². The Kier molecular flexibility index (Phi) is 9.80. The zero-order chi connectivity index (χ0) is 27.7. The molecule has 1 amide bonds. The molecule has 0 aliphatic carbocycles. The van der Waals surface area contributed by atoms with Crippen LogP contribution in [0.5, 0.6) is 17.2 Å². The van der Waals surface area contributed by atoms with Crippen molar-refractivity contribution < 1.29 is 28.8 Å². The molecule has 4 rings (SSSR count). The van der Waals surface area contributed by atoms with Gasteiger partial charge in [0.1, 0.15) is 12.4 Å². The Morgan fingerprint density at radius 3 is 2.54 bits per heavy atom. The normalized spacial score (nSPS) is 16.3. The third-order valence-electron chi connectivity index (χ3n) is 6.26. The first-order valence-electron chi connectivity index (χ1n) is 12.5. The first kappa shape index (κ1) is 28.4. The second-order valence-electron chi connectivity index (χ2n) is 8.92. The van der Waals surface area contributed by atoms with Crippen molar-refractivity contribution in [3.8, 4) is 17.2 Å². The number of aliphatic hydroxyl groups is 1. The maximum absolute atomic E-state index is 13.7. The Morgan fingerprint density at radius 2 is 1.82 bits per heavy atom. The van der Waals surface area contributed by atoms with Gasteiger partial charge in [-0.1, -0.05) is 46.3 Å². The average molecular weight is 598 g/mol. The summed E-state index contributed by atoms with van der Waals surface area (Å²) in [7, 11) is 3.16. The quantitative estimate of drug-likeness (QED) is 0.203. The first-order chi connectivity index (χ1) is 19.0. The Bertz CT molecular complexity index is 1300. The van der Waals surface area contributed by atoms with Crippen LogP contribution in [0.2, 0.25) is 0 Å². The molecule has 0 bridgehead atoms. The zero-order valence-corrected chi connectivity index (χ0v) is 23.5. The molecule has 0 spiro atoms. The molecule has 1 atom stereocenters. The molecule has 0 fully saturated rings. The van der Waals surface area contributed by atoms with Gasteiger partial charge in [0.15, 0.2) is 17.0 Å². The Hall–Kier alpha value is -3.60. The van der Waals surface area contributed by atoms with Crippen LogP contribution in [0.15, 0.2) is 76.2 Å². The number of benzene rings is 3. The minimum absolute atomic E-state index is 0.0757. The summed E-state index contributed by atoms with van der Waals surface area (Å²) in [4.78, 5) is 18.5. The Balaban J connectivity index is 1.53. The van der Waals surface area contributed by atoms with E-state index < -0.39 is 5.54 Å². The van der Waals surface area contributed by atoms with Crippen LogP contribution >= 0.6 is 15.9 Å². The summed E-state index contributed by atoms with van der Waals surface area (Å²) in [6.45, 7) is 0.893. The number of methoxy groups -OCH3 is 2. The second kappa shape index (κ2) is 13.5. The van der Waals surface area contributed by atoms with Gasteiger partial charge in [0.05, 0.1) is 20.8 Å². The summed E-state index contributed by atoms with van der Waals surface area (Å²) in [6.07, 6.45) is 0.888. The van der Waals surface area contributed by atoms with E-state index in [9.17, 15) is 4.79 Å². The zero-order valence-electron chi connectivity index (χ0n) is 21.9. The van der Waals surface area contributed by atoms with Crippen LogP contribution in [0.25, 0.3) is 0 Å². The van der Waals surface area contributed by atoms with Gasteiger partial charge in [-0.25, -0.2) is 10.4 Å². The lowest BCUT2D eigenvalue weighted by Crippen LogP contribution is -2.52. The highest BCUT2D eigenvalue weighted by Crippen LogP contribution is 2.32. The molecule has 1 aliphatic rings. The summed E-state index contributed by atoms with van der Waals surface area (Å²) < 4.78 is 23.4. The Labute approximate surface area is 236 Å². The molecule has 0 radical (unpaired) electrons. The van der Waals surface area contributed by atoms with Crippen molar-refractivity contribution in [1.29, 1.82) is 0 Å². The van der Waals surface area contributed by atoms with Gasteiger partial charge < -0.3 is 24.1 Å². The second-order valence-corrected chi connectivity index (χ2v) is 9.77. The van der Waals surface area contributed by atoms with Crippen molar-refractivity contribution in [2.75, 3.05) is 34.0 Å². The molecule has 0 saturated heterocycles. The van der Waals surface area contributed by atoms with Gasteiger partial charge in [0.25, 0.3) is 5.91 Å². The molecule has 0 unspecified atom stereocenters.